The lowest BCUT2D eigenvalue weighted by molar-refractivity contribution is -0.0657. The van der Waals surface area contributed by atoms with Gasteiger partial charge in [-0.05, 0) is 12.8 Å². The third-order valence-corrected chi connectivity index (χ3v) is 2.29. The molecule has 0 aromatic heterocycles. The van der Waals surface area contributed by atoms with Crippen LogP contribution in [0.4, 0.5) is 0 Å². The van der Waals surface area contributed by atoms with Crippen molar-refractivity contribution in [3.63, 3.8) is 0 Å². The monoisotopic (exact) mass is 172 g/mol. The van der Waals surface area contributed by atoms with Crippen LogP contribution < -0.4 is 10.6 Å². The summed E-state index contributed by atoms with van der Waals surface area (Å²) in [5, 5.41) is 15.9. The zero-order valence-electron chi connectivity index (χ0n) is 7.12. The number of aliphatic hydroxyl groups is 1. The van der Waals surface area contributed by atoms with Crippen molar-refractivity contribution in [1.29, 1.82) is 0 Å². The molecule has 2 rings (SSSR count). The Hall–Kier alpha value is -0.160. The second kappa shape index (κ2) is 3.70. The van der Waals surface area contributed by atoms with Crippen LogP contribution in [0, 0.1) is 0 Å². The molecule has 1 unspecified atom stereocenters. The van der Waals surface area contributed by atoms with Gasteiger partial charge in [0.05, 0.1) is 6.61 Å². The summed E-state index contributed by atoms with van der Waals surface area (Å²) >= 11 is 0. The van der Waals surface area contributed by atoms with Crippen molar-refractivity contribution in [2.45, 2.75) is 31.2 Å². The van der Waals surface area contributed by atoms with Crippen LogP contribution in [0.2, 0.25) is 0 Å². The average molecular weight is 172 g/mol. The van der Waals surface area contributed by atoms with Gasteiger partial charge in [-0.15, -0.1) is 0 Å². The zero-order chi connectivity index (χ0) is 8.39. The molecule has 12 heavy (non-hydrogen) atoms. The highest BCUT2D eigenvalue weighted by Crippen LogP contribution is 2.19. The van der Waals surface area contributed by atoms with E-state index in [0.717, 1.165) is 13.1 Å². The number of hydrogen-bond acceptors (Lipinski definition) is 4. The van der Waals surface area contributed by atoms with Crippen LogP contribution in [0.3, 0.4) is 0 Å². The van der Waals surface area contributed by atoms with E-state index in [1.165, 1.54) is 12.8 Å². The normalized spacial score (nSPS) is 33.2. The molecule has 1 aliphatic carbocycles. The van der Waals surface area contributed by atoms with Crippen molar-refractivity contribution >= 4 is 0 Å². The third kappa shape index (κ3) is 2.17. The molecular formula is C8H16N2O2. The Morgan fingerprint density at radius 2 is 2.33 bits per heavy atom. The van der Waals surface area contributed by atoms with Crippen molar-refractivity contribution in [2.75, 3.05) is 19.7 Å². The van der Waals surface area contributed by atoms with Gasteiger partial charge in [-0.3, -0.25) is 5.32 Å². The van der Waals surface area contributed by atoms with Crippen LogP contribution in [-0.4, -0.2) is 43.2 Å². The molecule has 0 amide bonds. The van der Waals surface area contributed by atoms with Crippen LogP contribution in [0.1, 0.15) is 12.8 Å². The molecule has 0 radical (unpaired) electrons. The van der Waals surface area contributed by atoms with E-state index in [1.54, 1.807) is 0 Å². The number of ether oxygens (including phenoxy) is 1. The SMILES string of the molecule is OC(NC1CC1)[C@H]1CNCCO1. The molecule has 2 fully saturated rings. The predicted octanol–water partition coefficient (Wildman–Crippen LogP) is -0.955. The number of rotatable bonds is 3. The summed E-state index contributed by atoms with van der Waals surface area (Å²) in [4.78, 5) is 0. The van der Waals surface area contributed by atoms with Crippen LogP contribution in [-0.2, 0) is 4.74 Å². The van der Waals surface area contributed by atoms with Crippen LogP contribution in [0.5, 0.6) is 0 Å². The molecule has 0 aromatic rings. The fourth-order valence-corrected chi connectivity index (χ4v) is 1.39. The molecule has 4 nitrogen and oxygen atoms in total. The van der Waals surface area contributed by atoms with Crippen molar-refractivity contribution in [1.82, 2.24) is 10.6 Å². The molecule has 1 heterocycles. The van der Waals surface area contributed by atoms with Gasteiger partial charge < -0.3 is 15.2 Å². The van der Waals surface area contributed by atoms with E-state index in [9.17, 15) is 5.11 Å². The van der Waals surface area contributed by atoms with Gasteiger partial charge >= 0.3 is 0 Å². The fourth-order valence-electron chi connectivity index (χ4n) is 1.39. The van der Waals surface area contributed by atoms with Gasteiger partial charge in [-0.2, -0.15) is 0 Å². The molecular weight excluding hydrogens is 156 g/mol. The van der Waals surface area contributed by atoms with Gasteiger partial charge in [0, 0.05) is 19.1 Å². The third-order valence-electron chi connectivity index (χ3n) is 2.29. The molecule has 0 aromatic carbocycles. The molecule has 1 aliphatic heterocycles. The van der Waals surface area contributed by atoms with Crippen molar-refractivity contribution in [3.05, 3.63) is 0 Å². The first-order chi connectivity index (χ1) is 5.86. The molecule has 1 saturated heterocycles. The lowest BCUT2D eigenvalue weighted by atomic mass is 10.2. The number of morpholine rings is 1. The minimum atomic E-state index is -0.495. The highest BCUT2D eigenvalue weighted by molar-refractivity contribution is 4.85. The lowest BCUT2D eigenvalue weighted by Gasteiger charge is -2.28. The molecule has 0 bridgehead atoms. The largest absolute Gasteiger partial charge is 0.376 e. The molecule has 1 saturated carbocycles. The summed E-state index contributed by atoms with van der Waals surface area (Å²) in [5.41, 5.74) is 0. The van der Waals surface area contributed by atoms with E-state index in [4.69, 9.17) is 4.74 Å². The van der Waals surface area contributed by atoms with Crippen LogP contribution >= 0.6 is 0 Å². The van der Waals surface area contributed by atoms with Crippen molar-refractivity contribution < 1.29 is 9.84 Å². The summed E-state index contributed by atoms with van der Waals surface area (Å²) in [6.45, 7) is 2.35. The van der Waals surface area contributed by atoms with Crippen molar-refractivity contribution in [3.8, 4) is 0 Å². The minimum absolute atomic E-state index is 0.0700. The maximum Gasteiger partial charge on any atom is 0.132 e. The first kappa shape index (κ1) is 8.44. The molecule has 70 valence electrons. The fraction of sp³-hybridized carbons (Fsp3) is 1.00. The first-order valence-corrected chi connectivity index (χ1v) is 4.63. The standard InChI is InChI=1S/C8H16N2O2/c11-8(10-6-1-2-6)7-5-9-3-4-12-7/h6-11H,1-5H2/t7-,8?/m1/s1. The van der Waals surface area contributed by atoms with Crippen molar-refractivity contribution in [2.24, 2.45) is 0 Å². The summed E-state index contributed by atoms with van der Waals surface area (Å²) in [6.07, 6.45) is 1.82. The second-order valence-corrected chi connectivity index (χ2v) is 3.50. The van der Waals surface area contributed by atoms with Gasteiger partial charge in [-0.25, -0.2) is 0 Å². The van der Waals surface area contributed by atoms with E-state index in [1.807, 2.05) is 0 Å². The number of nitrogens with one attached hydrogen (secondary N) is 2. The summed E-state index contributed by atoms with van der Waals surface area (Å²) < 4.78 is 5.39. The average Bonchev–Trinajstić information content (AvgIpc) is 2.90. The number of hydrogen-bond donors (Lipinski definition) is 3. The van der Waals surface area contributed by atoms with E-state index in [0.29, 0.717) is 12.6 Å². The molecule has 4 heteroatoms. The highest BCUT2D eigenvalue weighted by Gasteiger charge is 2.29. The number of aliphatic hydroxyl groups excluding tert-OH is 1. The van der Waals surface area contributed by atoms with E-state index in [2.05, 4.69) is 10.6 Å². The Kier molecular flexibility index (Phi) is 2.60. The second-order valence-electron chi connectivity index (χ2n) is 3.50. The Morgan fingerprint density at radius 1 is 1.50 bits per heavy atom. The quantitative estimate of drug-likeness (QED) is 0.480. The lowest BCUT2D eigenvalue weighted by Crippen LogP contribution is -2.51. The Labute approximate surface area is 72.3 Å². The maximum atomic E-state index is 9.61. The van der Waals surface area contributed by atoms with E-state index < -0.39 is 6.23 Å². The van der Waals surface area contributed by atoms with E-state index >= 15 is 0 Å². The Morgan fingerprint density at radius 3 is 2.92 bits per heavy atom. The van der Waals surface area contributed by atoms with Gasteiger partial charge in [0.25, 0.3) is 0 Å². The van der Waals surface area contributed by atoms with Gasteiger partial charge in [0.2, 0.25) is 0 Å². The Bertz CT molecular complexity index is 144. The van der Waals surface area contributed by atoms with Crippen LogP contribution in [0.25, 0.3) is 0 Å². The Balaban J connectivity index is 1.72. The van der Waals surface area contributed by atoms with Gasteiger partial charge in [0.1, 0.15) is 12.3 Å². The maximum absolute atomic E-state index is 9.61. The predicted molar refractivity (Wildman–Crippen MR) is 44.8 cm³/mol. The topological polar surface area (TPSA) is 53.5 Å². The minimum Gasteiger partial charge on any atom is -0.376 e. The first-order valence-electron chi connectivity index (χ1n) is 4.63. The molecule has 2 atom stereocenters. The van der Waals surface area contributed by atoms with Gasteiger partial charge in [-0.1, -0.05) is 0 Å². The summed E-state index contributed by atoms with van der Waals surface area (Å²) in [7, 11) is 0. The molecule has 0 spiro atoms. The summed E-state index contributed by atoms with van der Waals surface area (Å²) in [5.74, 6) is 0. The summed E-state index contributed by atoms with van der Waals surface area (Å²) in [6, 6.07) is 0.533. The van der Waals surface area contributed by atoms with Crippen LogP contribution in [0.15, 0.2) is 0 Å². The van der Waals surface area contributed by atoms with Gasteiger partial charge in [0.15, 0.2) is 0 Å². The van der Waals surface area contributed by atoms with E-state index in [-0.39, 0.29) is 6.10 Å². The zero-order valence-corrected chi connectivity index (χ0v) is 7.12. The molecule has 3 N–H and O–H groups in total. The molecule has 2 aliphatic rings. The smallest absolute Gasteiger partial charge is 0.132 e. The highest BCUT2D eigenvalue weighted by atomic mass is 16.5.